The molecule has 0 aliphatic rings. The molecule has 3 rings (SSSR count). The van der Waals surface area contributed by atoms with E-state index in [4.69, 9.17) is 11.0 Å². The second kappa shape index (κ2) is 8.67. The van der Waals surface area contributed by atoms with Gasteiger partial charge in [-0.1, -0.05) is 30.3 Å². The van der Waals surface area contributed by atoms with Crippen LogP contribution in [0.5, 0.6) is 0 Å². The number of nitrogens with one attached hydrogen (secondary N) is 2. The number of nitro benzene ring substituents is 1. The van der Waals surface area contributed by atoms with Gasteiger partial charge in [-0.05, 0) is 25.0 Å². The van der Waals surface area contributed by atoms with Gasteiger partial charge >= 0.3 is 0 Å². The van der Waals surface area contributed by atoms with Crippen molar-refractivity contribution in [3.63, 3.8) is 0 Å². The summed E-state index contributed by atoms with van der Waals surface area (Å²) in [5.74, 6) is -0.120. The van der Waals surface area contributed by atoms with Crippen LogP contribution in [0.4, 0.5) is 17.2 Å². The van der Waals surface area contributed by atoms with Crippen LogP contribution >= 0.6 is 0 Å². The lowest BCUT2D eigenvalue weighted by molar-refractivity contribution is -0.384. The van der Waals surface area contributed by atoms with Crippen molar-refractivity contribution in [3.8, 4) is 6.07 Å². The fourth-order valence-corrected chi connectivity index (χ4v) is 2.92. The number of ketones is 1. The van der Waals surface area contributed by atoms with E-state index < -0.39 is 4.92 Å². The average Bonchev–Trinajstić information content (AvgIpc) is 3.10. The lowest BCUT2D eigenvalue weighted by Gasteiger charge is -2.08. The number of nitrogens with zero attached hydrogens (tertiary/aromatic N) is 3. The average molecular weight is 390 g/mol. The van der Waals surface area contributed by atoms with E-state index in [0.717, 1.165) is 0 Å². The molecule has 1 aromatic heterocycles. The lowest BCUT2D eigenvalue weighted by atomic mass is 10.0. The number of aromatic amines is 1. The third-order valence-electron chi connectivity index (χ3n) is 4.39. The molecule has 0 bridgehead atoms. The minimum atomic E-state index is -0.520. The fourth-order valence-electron chi connectivity index (χ4n) is 2.92. The van der Waals surface area contributed by atoms with Gasteiger partial charge in [0.2, 0.25) is 0 Å². The highest BCUT2D eigenvalue weighted by atomic mass is 16.6. The molecule has 0 amide bonds. The molecule has 0 saturated carbocycles. The van der Waals surface area contributed by atoms with Gasteiger partial charge in [-0.25, -0.2) is 0 Å². The minimum absolute atomic E-state index is 0.157. The predicted octanol–water partition coefficient (Wildman–Crippen LogP) is 3.05. The number of hydrogen-bond donors (Lipinski definition) is 3. The second-order valence-corrected chi connectivity index (χ2v) is 6.29. The highest BCUT2D eigenvalue weighted by Gasteiger charge is 2.18. The van der Waals surface area contributed by atoms with Crippen molar-refractivity contribution < 1.29 is 9.72 Å². The molecule has 1 heterocycles. The molecule has 0 saturated heterocycles. The van der Waals surface area contributed by atoms with Crippen LogP contribution in [0.3, 0.4) is 0 Å². The Labute approximate surface area is 166 Å². The number of carbonyl (C=O) groups is 1. The summed E-state index contributed by atoms with van der Waals surface area (Å²) in [7, 11) is 0. The Kier molecular flexibility index (Phi) is 5.85. The third kappa shape index (κ3) is 4.39. The van der Waals surface area contributed by atoms with Crippen molar-refractivity contribution in [2.45, 2.75) is 12.8 Å². The molecule has 2 aromatic carbocycles. The van der Waals surface area contributed by atoms with Crippen LogP contribution in [-0.2, 0) is 6.42 Å². The number of hydrogen-bond acceptors (Lipinski definition) is 7. The first kappa shape index (κ1) is 19.6. The second-order valence-electron chi connectivity index (χ2n) is 6.29. The van der Waals surface area contributed by atoms with Crippen molar-refractivity contribution in [3.05, 3.63) is 81.0 Å². The van der Waals surface area contributed by atoms with Gasteiger partial charge in [-0.15, -0.1) is 0 Å². The van der Waals surface area contributed by atoms with Gasteiger partial charge in [0.05, 0.1) is 10.6 Å². The summed E-state index contributed by atoms with van der Waals surface area (Å²) in [6, 6.07) is 15.0. The smallest absolute Gasteiger partial charge is 0.293 e. The maximum absolute atomic E-state index is 12.5. The molecule has 9 nitrogen and oxygen atoms in total. The summed E-state index contributed by atoms with van der Waals surface area (Å²) in [4.78, 5) is 23.5. The Balaban J connectivity index is 1.68. The van der Waals surface area contributed by atoms with E-state index in [1.807, 2.05) is 6.07 Å². The zero-order valence-electron chi connectivity index (χ0n) is 15.4. The number of nitriles is 1. The maximum Gasteiger partial charge on any atom is 0.293 e. The summed E-state index contributed by atoms with van der Waals surface area (Å²) in [5, 5.41) is 30.1. The number of aromatic nitrogens is 2. The Hall–Kier alpha value is -4.19. The van der Waals surface area contributed by atoms with Crippen molar-refractivity contribution >= 4 is 23.0 Å². The molecule has 29 heavy (non-hydrogen) atoms. The summed E-state index contributed by atoms with van der Waals surface area (Å²) in [6.45, 7) is 0.427. The molecule has 0 aliphatic heterocycles. The predicted molar refractivity (Wildman–Crippen MR) is 107 cm³/mol. The normalized spacial score (nSPS) is 10.3. The maximum atomic E-state index is 12.5. The molecule has 0 aliphatic carbocycles. The third-order valence-corrected chi connectivity index (χ3v) is 4.39. The Morgan fingerprint density at radius 3 is 2.69 bits per heavy atom. The van der Waals surface area contributed by atoms with Crippen LogP contribution in [0.1, 0.15) is 33.6 Å². The fraction of sp³-hybridized carbons (Fsp3) is 0.150. The molecule has 0 fully saturated rings. The van der Waals surface area contributed by atoms with Crippen molar-refractivity contribution in [1.29, 1.82) is 5.26 Å². The van der Waals surface area contributed by atoms with Crippen LogP contribution in [0.15, 0.2) is 48.5 Å². The van der Waals surface area contributed by atoms with Gasteiger partial charge in [0.25, 0.3) is 5.69 Å². The standard InChI is InChI=1S/C20H18N6O3/c21-12-15-16(24-25-20(15)22)7-4-10-23-17-9-8-14(11-18(17)26(28)29)19(27)13-5-2-1-3-6-13/h1-3,5-6,8-9,11,23H,4,7,10H2,(H3,22,24,25). The molecular formula is C20H18N6O3. The van der Waals surface area contributed by atoms with Gasteiger partial charge in [-0.3, -0.25) is 20.0 Å². The molecule has 0 spiro atoms. The van der Waals surface area contributed by atoms with Gasteiger partial charge < -0.3 is 11.1 Å². The number of nitrogens with two attached hydrogens (primary N) is 1. The summed E-state index contributed by atoms with van der Waals surface area (Å²) < 4.78 is 0. The highest BCUT2D eigenvalue weighted by molar-refractivity contribution is 6.09. The van der Waals surface area contributed by atoms with Crippen LogP contribution in [-0.4, -0.2) is 27.4 Å². The van der Waals surface area contributed by atoms with E-state index in [1.165, 1.54) is 12.1 Å². The summed E-state index contributed by atoms with van der Waals surface area (Å²) >= 11 is 0. The molecule has 0 unspecified atom stereocenters. The van der Waals surface area contributed by atoms with Gasteiger partial charge in [0.15, 0.2) is 11.6 Å². The van der Waals surface area contributed by atoms with Crippen LogP contribution in [0, 0.1) is 21.4 Å². The van der Waals surface area contributed by atoms with Crippen molar-refractivity contribution in [1.82, 2.24) is 10.2 Å². The Bertz CT molecular complexity index is 1090. The van der Waals surface area contributed by atoms with Crippen LogP contribution < -0.4 is 11.1 Å². The molecule has 0 atom stereocenters. The Morgan fingerprint density at radius 2 is 2.00 bits per heavy atom. The van der Waals surface area contributed by atoms with E-state index in [1.54, 1.807) is 36.4 Å². The molecule has 146 valence electrons. The van der Waals surface area contributed by atoms with E-state index in [-0.39, 0.29) is 22.9 Å². The number of nitrogen functional groups attached to an aromatic ring is 1. The zero-order valence-corrected chi connectivity index (χ0v) is 15.4. The topological polar surface area (TPSA) is 151 Å². The van der Waals surface area contributed by atoms with Gasteiger partial charge in [0, 0.05) is 23.7 Å². The largest absolute Gasteiger partial charge is 0.381 e. The van der Waals surface area contributed by atoms with E-state index in [2.05, 4.69) is 15.5 Å². The molecule has 3 aromatic rings. The molecule has 0 radical (unpaired) electrons. The number of benzene rings is 2. The number of H-pyrrole nitrogens is 1. The first-order valence-corrected chi connectivity index (χ1v) is 8.86. The highest BCUT2D eigenvalue weighted by Crippen LogP contribution is 2.27. The quantitative estimate of drug-likeness (QED) is 0.231. The van der Waals surface area contributed by atoms with Crippen molar-refractivity contribution in [2.24, 2.45) is 0 Å². The van der Waals surface area contributed by atoms with Crippen LogP contribution in [0.2, 0.25) is 0 Å². The van der Waals surface area contributed by atoms with Gasteiger partial charge in [-0.2, -0.15) is 10.4 Å². The Morgan fingerprint density at radius 1 is 1.24 bits per heavy atom. The zero-order chi connectivity index (χ0) is 20.8. The molecular weight excluding hydrogens is 372 g/mol. The van der Waals surface area contributed by atoms with Crippen molar-refractivity contribution in [2.75, 3.05) is 17.6 Å². The van der Waals surface area contributed by atoms with Crippen LogP contribution in [0.25, 0.3) is 0 Å². The summed E-state index contributed by atoms with van der Waals surface area (Å²) in [6.07, 6.45) is 1.11. The number of carbonyl (C=O) groups excluding carboxylic acids is 1. The summed E-state index contributed by atoms with van der Waals surface area (Å²) in [5.41, 5.74) is 7.42. The number of aryl methyl sites for hydroxylation is 1. The first-order chi connectivity index (χ1) is 14.0. The SMILES string of the molecule is N#Cc1c(N)n[nH]c1CCCNc1ccc(C(=O)c2ccccc2)cc1[N+](=O)[O-]. The number of nitro groups is 1. The van der Waals surface area contributed by atoms with E-state index in [9.17, 15) is 14.9 Å². The number of anilines is 2. The molecule has 9 heteroatoms. The lowest BCUT2D eigenvalue weighted by Crippen LogP contribution is -2.08. The van der Waals surface area contributed by atoms with Gasteiger partial charge in [0.1, 0.15) is 17.3 Å². The van der Waals surface area contributed by atoms with E-state index in [0.29, 0.717) is 41.9 Å². The number of rotatable bonds is 8. The van der Waals surface area contributed by atoms with E-state index >= 15 is 0 Å². The monoisotopic (exact) mass is 390 g/mol. The first-order valence-electron chi connectivity index (χ1n) is 8.86. The molecule has 4 N–H and O–H groups in total. The minimum Gasteiger partial charge on any atom is -0.381 e.